The molecular formula is C18H14N4O2. The van der Waals surface area contributed by atoms with Gasteiger partial charge in [0.15, 0.2) is 11.5 Å². The summed E-state index contributed by atoms with van der Waals surface area (Å²) in [4.78, 5) is 16.7. The fraction of sp³-hybridized carbons (Fsp3) is 0.0556. The van der Waals surface area contributed by atoms with Crippen LogP contribution in [-0.4, -0.2) is 20.7 Å². The van der Waals surface area contributed by atoms with Crippen molar-refractivity contribution in [2.24, 2.45) is 0 Å². The zero-order valence-corrected chi connectivity index (χ0v) is 12.9. The standard InChI is InChI=1S/C18H14N4O2/c1-12-20-16-9-14(7-8-17(16)24-12)21-18(23)13-10-19-22(11-13)15-5-3-2-4-6-15/h2-11H,1H3,(H,21,23). The van der Waals surface area contributed by atoms with E-state index in [1.807, 2.05) is 30.3 Å². The zero-order chi connectivity index (χ0) is 16.5. The van der Waals surface area contributed by atoms with E-state index in [1.54, 1.807) is 42.2 Å². The Morgan fingerprint density at radius 2 is 2.00 bits per heavy atom. The van der Waals surface area contributed by atoms with Crippen LogP contribution >= 0.6 is 0 Å². The molecule has 2 aromatic heterocycles. The van der Waals surface area contributed by atoms with Crippen LogP contribution in [0.15, 0.2) is 65.3 Å². The Kier molecular flexibility index (Phi) is 3.35. The van der Waals surface area contributed by atoms with Crippen LogP contribution in [0.1, 0.15) is 16.2 Å². The average Bonchev–Trinajstić information content (AvgIpc) is 3.21. The molecule has 24 heavy (non-hydrogen) atoms. The van der Waals surface area contributed by atoms with Crippen LogP contribution in [0.3, 0.4) is 0 Å². The number of nitrogens with zero attached hydrogens (tertiary/aromatic N) is 3. The van der Waals surface area contributed by atoms with Crippen molar-refractivity contribution >= 4 is 22.7 Å². The van der Waals surface area contributed by atoms with Gasteiger partial charge in [-0.05, 0) is 30.3 Å². The Bertz CT molecular complexity index is 1020. The molecule has 0 radical (unpaired) electrons. The second-order valence-electron chi connectivity index (χ2n) is 5.38. The van der Waals surface area contributed by atoms with E-state index in [0.29, 0.717) is 28.2 Å². The van der Waals surface area contributed by atoms with Gasteiger partial charge in [-0.15, -0.1) is 0 Å². The third-order valence-corrected chi connectivity index (χ3v) is 3.62. The van der Waals surface area contributed by atoms with Gasteiger partial charge >= 0.3 is 0 Å². The van der Waals surface area contributed by atoms with Crippen LogP contribution in [0.5, 0.6) is 0 Å². The Morgan fingerprint density at radius 1 is 1.17 bits per heavy atom. The maximum absolute atomic E-state index is 12.4. The third kappa shape index (κ3) is 2.65. The van der Waals surface area contributed by atoms with Gasteiger partial charge in [0.05, 0.1) is 17.4 Å². The number of carbonyl (C=O) groups is 1. The first-order valence-corrected chi connectivity index (χ1v) is 7.48. The number of aryl methyl sites for hydroxylation is 1. The normalized spacial score (nSPS) is 10.9. The number of oxazole rings is 1. The number of aromatic nitrogens is 3. The molecule has 0 aliphatic heterocycles. The number of nitrogens with one attached hydrogen (secondary N) is 1. The average molecular weight is 318 g/mol. The van der Waals surface area contributed by atoms with Gasteiger partial charge in [0.1, 0.15) is 5.52 Å². The number of amides is 1. The molecule has 0 aliphatic carbocycles. The van der Waals surface area contributed by atoms with E-state index < -0.39 is 0 Å². The molecule has 6 heteroatoms. The van der Waals surface area contributed by atoms with Crippen molar-refractivity contribution in [3.8, 4) is 5.69 Å². The number of para-hydroxylation sites is 1. The lowest BCUT2D eigenvalue weighted by molar-refractivity contribution is 0.102. The number of benzene rings is 2. The highest BCUT2D eigenvalue weighted by atomic mass is 16.3. The van der Waals surface area contributed by atoms with Crippen molar-refractivity contribution in [2.45, 2.75) is 6.92 Å². The number of hydrogen-bond acceptors (Lipinski definition) is 4. The van der Waals surface area contributed by atoms with E-state index in [-0.39, 0.29) is 5.91 Å². The van der Waals surface area contributed by atoms with Crippen LogP contribution < -0.4 is 5.32 Å². The van der Waals surface area contributed by atoms with Crippen molar-refractivity contribution in [1.82, 2.24) is 14.8 Å². The maximum Gasteiger partial charge on any atom is 0.258 e. The lowest BCUT2D eigenvalue weighted by Gasteiger charge is -2.03. The molecule has 0 spiro atoms. The van der Waals surface area contributed by atoms with Gasteiger partial charge in [-0.1, -0.05) is 18.2 Å². The molecule has 4 rings (SSSR count). The topological polar surface area (TPSA) is 73.0 Å². The minimum atomic E-state index is -0.225. The van der Waals surface area contributed by atoms with Crippen molar-refractivity contribution in [1.29, 1.82) is 0 Å². The highest BCUT2D eigenvalue weighted by Crippen LogP contribution is 2.20. The summed E-state index contributed by atoms with van der Waals surface area (Å²) in [5, 5.41) is 7.08. The molecule has 0 unspecified atom stereocenters. The quantitative estimate of drug-likeness (QED) is 0.626. The molecule has 0 fully saturated rings. The molecule has 0 aliphatic rings. The minimum Gasteiger partial charge on any atom is -0.441 e. The second kappa shape index (κ2) is 5.66. The number of hydrogen-bond donors (Lipinski definition) is 1. The molecular weight excluding hydrogens is 304 g/mol. The molecule has 2 heterocycles. The fourth-order valence-electron chi connectivity index (χ4n) is 2.49. The number of carbonyl (C=O) groups excluding carboxylic acids is 1. The summed E-state index contributed by atoms with van der Waals surface area (Å²) in [6.07, 6.45) is 3.24. The molecule has 118 valence electrons. The summed E-state index contributed by atoms with van der Waals surface area (Å²) in [6.45, 7) is 1.79. The van der Waals surface area contributed by atoms with Crippen LogP contribution in [0, 0.1) is 6.92 Å². The molecule has 6 nitrogen and oxygen atoms in total. The molecule has 0 saturated heterocycles. The van der Waals surface area contributed by atoms with Crippen molar-refractivity contribution in [3.05, 3.63) is 72.4 Å². The predicted octanol–water partition coefficient (Wildman–Crippen LogP) is 3.57. The first-order chi connectivity index (χ1) is 11.7. The van der Waals surface area contributed by atoms with Gasteiger partial charge in [0, 0.05) is 18.8 Å². The number of rotatable bonds is 3. The molecule has 1 N–H and O–H groups in total. The van der Waals surface area contributed by atoms with E-state index in [9.17, 15) is 4.79 Å². The Balaban J connectivity index is 1.56. The van der Waals surface area contributed by atoms with E-state index in [4.69, 9.17) is 4.42 Å². The number of anilines is 1. The maximum atomic E-state index is 12.4. The molecule has 1 amide bonds. The summed E-state index contributed by atoms with van der Waals surface area (Å²) in [5.74, 6) is 0.370. The molecule has 0 bridgehead atoms. The monoisotopic (exact) mass is 318 g/mol. The van der Waals surface area contributed by atoms with Crippen LogP contribution in [0.2, 0.25) is 0 Å². The Morgan fingerprint density at radius 3 is 2.83 bits per heavy atom. The van der Waals surface area contributed by atoms with Gasteiger partial charge in [-0.2, -0.15) is 5.10 Å². The predicted molar refractivity (Wildman–Crippen MR) is 90.3 cm³/mol. The van der Waals surface area contributed by atoms with E-state index in [2.05, 4.69) is 15.4 Å². The summed E-state index contributed by atoms with van der Waals surface area (Å²) in [5.41, 5.74) is 3.45. The van der Waals surface area contributed by atoms with Crippen molar-refractivity contribution in [3.63, 3.8) is 0 Å². The molecule has 4 aromatic rings. The van der Waals surface area contributed by atoms with Gasteiger partial charge in [-0.3, -0.25) is 4.79 Å². The van der Waals surface area contributed by atoms with Crippen molar-refractivity contribution < 1.29 is 9.21 Å². The van der Waals surface area contributed by atoms with Crippen LogP contribution in [0.4, 0.5) is 5.69 Å². The minimum absolute atomic E-state index is 0.225. The van der Waals surface area contributed by atoms with Gasteiger partial charge < -0.3 is 9.73 Å². The summed E-state index contributed by atoms with van der Waals surface area (Å²) >= 11 is 0. The lowest BCUT2D eigenvalue weighted by Crippen LogP contribution is -2.11. The number of fused-ring (bicyclic) bond motifs is 1. The SMILES string of the molecule is Cc1nc2cc(NC(=O)c3cnn(-c4ccccc4)c3)ccc2o1. The molecule has 0 saturated carbocycles. The van der Waals surface area contributed by atoms with E-state index in [1.165, 1.54) is 0 Å². The largest absolute Gasteiger partial charge is 0.441 e. The van der Waals surface area contributed by atoms with Gasteiger partial charge in [0.25, 0.3) is 5.91 Å². The summed E-state index contributed by atoms with van der Waals surface area (Å²) < 4.78 is 7.09. The van der Waals surface area contributed by atoms with Gasteiger partial charge in [0.2, 0.25) is 0 Å². The molecule has 2 aromatic carbocycles. The third-order valence-electron chi connectivity index (χ3n) is 3.62. The van der Waals surface area contributed by atoms with Crippen molar-refractivity contribution in [2.75, 3.05) is 5.32 Å². The summed E-state index contributed by atoms with van der Waals surface area (Å²) in [6, 6.07) is 15.0. The second-order valence-corrected chi connectivity index (χ2v) is 5.38. The van der Waals surface area contributed by atoms with E-state index in [0.717, 1.165) is 5.69 Å². The Hall–Kier alpha value is -3.41. The highest BCUT2D eigenvalue weighted by molar-refractivity contribution is 6.04. The fourth-order valence-corrected chi connectivity index (χ4v) is 2.49. The molecule has 0 atom stereocenters. The van der Waals surface area contributed by atoms with Gasteiger partial charge in [-0.25, -0.2) is 9.67 Å². The zero-order valence-electron chi connectivity index (χ0n) is 12.9. The first-order valence-electron chi connectivity index (χ1n) is 7.48. The van der Waals surface area contributed by atoms with Crippen LogP contribution in [0.25, 0.3) is 16.8 Å². The Labute approximate surface area is 137 Å². The van der Waals surface area contributed by atoms with Crippen LogP contribution in [-0.2, 0) is 0 Å². The highest BCUT2D eigenvalue weighted by Gasteiger charge is 2.11. The summed E-state index contributed by atoms with van der Waals surface area (Å²) in [7, 11) is 0. The van der Waals surface area contributed by atoms with E-state index >= 15 is 0 Å². The smallest absolute Gasteiger partial charge is 0.258 e. The first kappa shape index (κ1) is 14.2. The lowest BCUT2D eigenvalue weighted by atomic mass is 10.2.